The van der Waals surface area contributed by atoms with Crippen molar-refractivity contribution in [1.29, 1.82) is 0 Å². The van der Waals surface area contributed by atoms with E-state index in [1.165, 1.54) is 13.4 Å². The predicted molar refractivity (Wildman–Crippen MR) is 114 cm³/mol. The summed E-state index contributed by atoms with van der Waals surface area (Å²) in [5.41, 5.74) is 3.80. The Hall–Kier alpha value is -3.23. The van der Waals surface area contributed by atoms with Crippen molar-refractivity contribution < 1.29 is 18.3 Å². The Morgan fingerprint density at radius 2 is 1.93 bits per heavy atom. The monoisotopic (exact) mass is 423 g/mol. The van der Waals surface area contributed by atoms with Gasteiger partial charge in [-0.2, -0.15) is 0 Å². The summed E-state index contributed by atoms with van der Waals surface area (Å²) in [5, 5.41) is 11.0. The number of aromatic nitrogens is 3. The maximum absolute atomic E-state index is 12.2. The third-order valence-corrected chi connectivity index (χ3v) is 6.11. The fourth-order valence-corrected chi connectivity index (χ4v) is 4.23. The number of rotatable bonds is 6. The largest absolute Gasteiger partial charge is 0.481 e. The van der Waals surface area contributed by atoms with Crippen LogP contribution in [0.4, 0.5) is 0 Å². The van der Waals surface area contributed by atoms with Gasteiger partial charge in [0.2, 0.25) is 5.88 Å². The van der Waals surface area contributed by atoms with Gasteiger partial charge in [-0.1, -0.05) is 6.07 Å². The molecule has 3 aromatic heterocycles. The second kappa shape index (κ2) is 7.89. The number of fused-ring (bicyclic) bond motifs is 1. The van der Waals surface area contributed by atoms with Crippen LogP contribution in [0, 0.1) is 0 Å². The van der Waals surface area contributed by atoms with Crippen molar-refractivity contribution in [3.8, 4) is 17.0 Å². The van der Waals surface area contributed by atoms with Crippen molar-refractivity contribution in [1.82, 2.24) is 14.5 Å². The minimum Gasteiger partial charge on any atom is -0.481 e. The first kappa shape index (κ1) is 20.1. The van der Waals surface area contributed by atoms with Gasteiger partial charge < -0.3 is 14.4 Å². The van der Waals surface area contributed by atoms with Gasteiger partial charge in [-0.3, -0.25) is 4.98 Å². The normalized spacial score (nSPS) is 11.7. The molecular weight excluding hydrogens is 402 g/mol. The number of ether oxygens (including phenoxy) is 1. The van der Waals surface area contributed by atoms with E-state index in [2.05, 4.69) is 9.97 Å². The summed E-state index contributed by atoms with van der Waals surface area (Å²) >= 11 is 0. The maximum Gasteiger partial charge on any atom is 0.212 e. The molecule has 3 heterocycles. The van der Waals surface area contributed by atoms with Crippen LogP contribution in [0.2, 0.25) is 0 Å². The van der Waals surface area contributed by atoms with Gasteiger partial charge in [-0.05, 0) is 36.4 Å². The van der Waals surface area contributed by atoms with Gasteiger partial charge in [0.1, 0.15) is 0 Å². The van der Waals surface area contributed by atoms with E-state index in [1.807, 2.05) is 28.8 Å². The molecule has 0 atom stereocenters. The van der Waals surface area contributed by atoms with Gasteiger partial charge in [-0.15, -0.1) is 0 Å². The molecule has 0 amide bonds. The molecule has 1 aromatic carbocycles. The van der Waals surface area contributed by atoms with E-state index in [0.29, 0.717) is 18.1 Å². The van der Waals surface area contributed by atoms with E-state index in [9.17, 15) is 13.5 Å². The van der Waals surface area contributed by atoms with Crippen LogP contribution in [0.5, 0.6) is 5.88 Å². The summed E-state index contributed by atoms with van der Waals surface area (Å²) in [6.45, 7) is 0.214. The van der Waals surface area contributed by atoms with Crippen molar-refractivity contribution >= 4 is 20.7 Å². The van der Waals surface area contributed by atoms with Gasteiger partial charge in [0, 0.05) is 46.7 Å². The molecule has 0 spiro atoms. The molecule has 8 heteroatoms. The van der Waals surface area contributed by atoms with Crippen LogP contribution in [0.15, 0.2) is 65.8 Å². The van der Waals surface area contributed by atoms with Gasteiger partial charge in [0.05, 0.1) is 36.5 Å². The Kier molecular flexibility index (Phi) is 5.27. The number of aliphatic hydroxyl groups is 1. The molecule has 1 N–H and O–H groups in total. The number of methoxy groups -OCH3 is 1. The fraction of sp³-hybridized carbons (Fsp3) is 0.182. The fourth-order valence-electron chi connectivity index (χ4n) is 3.59. The highest BCUT2D eigenvalue weighted by atomic mass is 32.2. The van der Waals surface area contributed by atoms with Crippen molar-refractivity contribution in [2.24, 2.45) is 0 Å². The van der Waals surface area contributed by atoms with E-state index in [0.717, 1.165) is 27.7 Å². The van der Waals surface area contributed by atoms with Crippen molar-refractivity contribution in [3.05, 3.63) is 72.3 Å². The van der Waals surface area contributed by atoms with E-state index in [1.54, 1.807) is 36.7 Å². The number of pyridine rings is 2. The summed E-state index contributed by atoms with van der Waals surface area (Å²) in [6.07, 6.45) is 4.56. The molecular formula is C22H21N3O4S. The molecule has 0 radical (unpaired) electrons. The lowest BCUT2D eigenvalue weighted by Gasteiger charge is -2.10. The summed E-state index contributed by atoms with van der Waals surface area (Å²) in [6, 6.07) is 14.2. The minimum absolute atomic E-state index is 0.220. The first-order chi connectivity index (χ1) is 14.4. The lowest BCUT2D eigenvalue weighted by atomic mass is 10.0. The summed E-state index contributed by atoms with van der Waals surface area (Å²) in [5.74, 6) is 0.471. The Bertz CT molecular complexity index is 1300. The molecule has 0 aliphatic carbocycles. The molecule has 4 rings (SSSR count). The number of sulfone groups is 1. The molecule has 0 saturated carbocycles. The van der Waals surface area contributed by atoms with Gasteiger partial charge in [0.15, 0.2) is 9.84 Å². The Morgan fingerprint density at radius 3 is 2.53 bits per heavy atom. The number of nitrogens with zero attached hydrogens (tertiary/aromatic N) is 3. The molecule has 0 bridgehead atoms. The summed E-state index contributed by atoms with van der Waals surface area (Å²) in [7, 11) is -1.85. The zero-order valence-corrected chi connectivity index (χ0v) is 17.4. The van der Waals surface area contributed by atoms with Crippen molar-refractivity contribution in [2.45, 2.75) is 18.0 Å². The molecule has 4 aromatic rings. The summed E-state index contributed by atoms with van der Waals surface area (Å²) in [4.78, 5) is 8.89. The second-order valence-corrected chi connectivity index (χ2v) is 8.94. The smallest absolute Gasteiger partial charge is 0.212 e. The number of aliphatic hydroxyl groups excluding tert-OH is 1. The first-order valence-corrected chi connectivity index (χ1v) is 11.2. The summed E-state index contributed by atoms with van der Waals surface area (Å²) < 4.78 is 31.4. The van der Waals surface area contributed by atoms with Crippen LogP contribution >= 0.6 is 0 Å². The molecule has 0 aliphatic heterocycles. The van der Waals surface area contributed by atoms with E-state index in [-0.39, 0.29) is 11.5 Å². The van der Waals surface area contributed by atoms with E-state index >= 15 is 0 Å². The highest BCUT2D eigenvalue weighted by Gasteiger charge is 2.21. The van der Waals surface area contributed by atoms with Crippen LogP contribution in [-0.2, 0) is 23.0 Å². The number of hydrogen-bond donors (Lipinski definition) is 1. The quantitative estimate of drug-likeness (QED) is 0.512. The number of benzene rings is 1. The van der Waals surface area contributed by atoms with Gasteiger partial charge in [-0.25, -0.2) is 13.4 Å². The predicted octanol–water partition coefficient (Wildman–Crippen LogP) is 3.05. The zero-order valence-electron chi connectivity index (χ0n) is 16.6. The number of hydrogen-bond acceptors (Lipinski definition) is 6. The molecule has 30 heavy (non-hydrogen) atoms. The first-order valence-electron chi connectivity index (χ1n) is 9.28. The molecule has 0 unspecified atom stereocenters. The van der Waals surface area contributed by atoms with Crippen LogP contribution in [-0.4, -0.2) is 41.4 Å². The average Bonchev–Trinajstić information content (AvgIpc) is 3.06. The topological polar surface area (TPSA) is 94.3 Å². The molecule has 0 saturated heterocycles. The van der Waals surface area contributed by atoms with Crippen LogP contribution in [0.1, 0.15) is 11.4 Å². The molecule has 7 nitrogen and oxygen atoms in total. The highest BCUT2D eigenvalue weighted by molar-refractivity contribution is 7.90. The Labute approximate surface area is 174 Å². The zero-order chi connectivity index (χ0) is 21.3. The van der Waals surface area contributed by atoms with Crippen molar-refractivity contribution in [3.63, 3.8) is 0 Å². The lowest BCUT2D eigenvalue weighted by Crippen LogP contribution is -2.06. The average molecular weight is 423 g/mol. The minimum atomic E-state index is -3.39. The molecule has 154 valence electrons. The van der Waals surface area contributed by atoms with Crippen LogP contribution < -0.4 is 4.74 Å². The van der Waals surface area contributed by atoms with E-state index < -0.39 is 9.84 Å². The van der Waals surface area contributed by atoms with Crippen LogP contribution in [0.3, 0.4) is 0 Å². The lowest BCUT2D eigenvalue weighted by molar-refractivity contribution is 0.273. The Morgan fingerprint density at radius 1 is 1.10 bits per heavy atom. The highest BCUT2D eigenvalue weighted by Crippen LogP contribution is 2.37. The molecule has 0 aliphatic rings. The third-order valence-electron chi connectivity index (χ3n) is 5.00. The molecule has 0 fully saturated rings. The maximum atomic E-state index is 12.2. The van der Waals surface area contributed by atoms with E-state index in [4.69, 9.17) is 4.74 Å². The SMILES string of the molecule is COc1ccc(-c2c(CO)n(Cc3ccccn3)c3ccc(S(C)(=O)=O)cc23)cn1. The van der Waals surface area contributed by atoms with Gasteiger partial charge in [0.25, 0.3) is 0 Å². The Balaban J connectivity index is 2.01. The second-order valence-electron chi connectivity index (χ2n) is 6.93. The van der Waals surface area contributed by atoms with Gasteiger partial charge >= 0.3 is 0 Å². The van der Waals surface area contributed by atoms with Crippen molar-refractivity contribution in [2.75, 3.05) is 13.4 Å². The van der Waals surface area contributed by atoms with Crippen LogP contribution in [0.25, 0.3) is 22.0 Å². The standard InChI is InChI=1S/C22H21N3O4S/c1-29-21-9-6-15(12-24-21)22-18-11-17(30(2,27)28)7-8-19(18)25(20(22)14-26)13-16-5-3-4-10-23-16/h3-12,26H,13-14H2,1-2H3. The third kappa shape index (κ3) is 3.67.